The molecule has 0 aliphatic carbocycles. The van der Waals surface area contributed by atoms with E-state index in [-0.39, 0.29) is 28.7 Å². The van der Waals surface area contributed by atoms with Crippen molar-refractivity contribution in [3.05, 3.63) is 29.3 Å². The summed E-state index contributed by atoms with van der Waals surface area (Å²) in [6.45, 7) is 4.89. The second-order valence-corrected chi connectivity index (χ2v) is 6.44. The number of H-pyrrole nitrogens is 1. The van der Waals surface area contributed by atoms with Crippen molar-refractivity contribution in [1.29, 1.82) is 0 Å². The largest absolute Gasteiger partial charge is 0.336 e. The van der Waals surface area contributed by atoms with E-state index >= 15 is 0 Å². The zero-order chi connectivity index (χ0) is 17.4. The molecule has 3 rings (SSSR count). The maximum Gasteiger partial charge on any atom is 0.289 e. The predicted octanol–water partition coefficient (Wildman–Crippen LogP) is 2.39. The number of aromatic amines is 1. The van der Waals surface area contributed by atoms with Crippen LogP contribution in [0.1, 0.15) is 24.0 Å². The van der Waals surface area contributed by atoms with Gasteiger partial charge in [-0.3, -0.25) is 4.79 Å². The van der Waals surface area contributed by atoms with Crippen LogP contribution in [-0.2, 0) is 0 Å². The fourth-order valence-corrected chi connectivity index (χ4v) is 3.17. The quantitative estimate of drug-likeness (QED) is 0.811. The molecule has 0 radical (unpaired) electrons. The number of benzene rings is 1. The molecule has 24 heavy (non-hydrogen) atoms. The van der Waals surface area contributed by atoms with Gasteiger partial charge in [0.1, 0.15) is 5.52 Å². The third-order valence-corrected chi connectivity index (χ3v) is 4.23. The molecule has 1 aromatic heterocycles. The Morgan fingerprint density at radius 2 is 2.00 bits per heavy atom. The van der Waals surface area contributed by atoms with Crippen molar-refractivity contribution >= 4 is 16.9 Å². The highest BCUT2D eigenvalue weighted by molar-refractivity contribution is 5.94. The van der Waals surface area contributed by atoms with Gasteiger partial charge >= 0.3 is 0 Å². The molecule has 1 aromatic carbocycles. The summed E-state index contributed by atoms with van der Waals surface area (Å²) in [4.78, 5) is 23.0. The molecule has 5 nitrogen and oxygen atoms in total. The SMILES string of the molecule is CC1CN(C)CCCN(C(=O)c2nc3c(F)c(F)c(F)cc3[nH]2)C1. The van der Waals surface area contributed by atoms with Gasteiger partial charge in [0, 0.05) is 25.7 Å². The highest BCUT2D eigenvalue weighted by atomic mass is 19.2. The van der Waals surface area contributed by atoms with Crippen LogP contribution in [0.4, 0.5) is 13.2 Å². The Morgan fingerprint density at radius 3 is 2.75 bits per heavy atom. The number of halogens is 3. The molecule has 1 amide bonds. The number of fused-ring (bicyclic) bond motifs is 1. The van der Waals surface area contributed by atoms with Crippen molar-refractivity contribution in [3.8, 4) is 0 Å². The van der Waals surface area contributed by atoms with Crippen LogP contribution in [0.15, 0.2) is 6.07 Å². The van der Waals surface area contributed by atoms with E-state index in [1.807, 2.05) is 14.0 Å². The second kappa shape index (κ2) is 6.43. The Morgan fingerprint density at radius 1 is 1.25 bits per heavy atom. The van der Waals surface area contributed by atoms with Crippen molar-refractivity contribution in [1.82, 2.24) is 19.8 Å². The van der Waals surface area contributed by atoms with Crippen molar-refractivity contribution < 1.29 is 18.0 Å². The fourth-order valence-electron chi connectivity index (χ4n) is 3.17. The number of aromatic nitrogens is 2. The van der Waals surface area contributed by atoms with Crippen LogP contribution in [0.3, 0.4) is 0 Å². The Balaban J connectivity index is 1.89. The van der Waals surface area contributed by atoms with Crippen molar-refractivity contribution in [2.24, 2.45) is 5.92 Å². The molecule has 1 unspecified atom stereocenters. The van der Waals surface area contributed by atoms with Gasteiger partial charge in [-0.25, -0.2) is 18.2 Å². The first kappa shape index (κ1) is 16.8. The Kier molecular flexibility index (Phi) is 4.49. The predicted molar refractivity (Wildman–Crippen MR) is 83.1 cm³/mol. The number of amides is 1. The maximum absolute atomic E-state index is 13.8. The molecule has 2 heterocycles. The van der Waals surface area contributed by atoms with Gasteiger partial charge in [-0.1, -0.05) is 6.92 Å². The van der Waals surface area contributed by atoms with Crippen LogP contribution in [-0.4, -0.2) is 58.9 Å². The van der Waals surface area contributed by atoms with Crippen LogP contribution >= 0.6 is 0 Å². The second-order valence-electron chi connectivity index (χ2n) is 6.44. The van der Waals surface area contributed by atoms with Crippen LogP contribution in [0.25, 0.3) is 11.0 Å². The lowest BCUT2D eigenvalue weighted by Crippen LogP contribution is -2.42. The summed E-state index contributed by atoms with van der Waals surface area (Å²) < 4.78 is 40.4. The van der Waals surface area contributed by atoms with Gasteiger partial charge in [-0.05, 0) is 25.9 Å². The third kappa shape index (κ3) is 3.10. The first-order valence-corrected chi connectivity index (χ1v) is 7.88. The van der Waals surface area contributed by atoms with Crippen molar-refractivity contribution in [3.63, 3.8) is 0 Å². The number of carbonyl (C=O) groups is 1. The van der Waals surface area contributed by atoms with E-state index in [1.54, 1.807) is 4.90 Å². The lowest BCUT2D eigenvalue weighted by molar-refractivity contribution is 0.0675. The summed E-state index contributed by atoms with van der Waals surface area (Å²) in [7, 11) is 2.04. The molecule has 8 heteroatoms. The lowest BCUT2D eigenvalue weighted by Gasteiger charge is -2.31. The molecule has 0 bridgehead atoms. The van der Waals surface area contributed by atoms with Crippen molar-refractivity contribution in [2.45, 2.75) is 13.3 Å². The Bertz CT molecular complexity index is 776. The van der Waals surface area contributed by atoms with Gasteiger partial charge in [-0.2, -0.15) is 0 Å². The monoisotopic (exact) mass is 340 g/mol. The minimum Gasteiger partial charge on any atom is -0.336 e. The van der Waals surface area contributed by atoms with E-state index in [4.69, 9.17) is 0 Å². The first-order chi connectivity index (χ1) is 11.4. The summed E-state index contributed by atoms with van der Waals surface area (Å²) in [6, 6.07) is 0.808. The zero-order valence-corrected chi connectivity index (χ0v) is 13.6. The van der Waals surface area contributed by atoms with E-state index in [0.717, 1.165) is 25.6 Å². The van der Waals surface area contributed by atoms with Gasteiger partial charge < -0.3 is 14.8 Å². The molecular weight excluding hydrogens is 321 g/mol. The van der Waals surface area contributed by atoms with Gasteiger partial charge in [0.05, 0.1) is 5.52 Å². The molecule has 1 aliphatic heterocycles. The molecule has 0 spiro atoms. The standard InChI is InChI=1S/C16H19F3N4O/c1-9-7-22(2)4-3-5-23(8-9)16(24)15-20-11-6-10(17)12(18)13(19)14(11)21-15/h6,9H,3-5,7-8H2,1-2H3,(H,20,21). The minimum absolute atomic E-state index is 0.0328. The minimum atomic E-state index is -1.59. The van der Waals surface area contributed by atoms with Crippen LogP contribution in [0.2, 0.25) is 0 Å². The third-order valence-electron chi connectivity index (χ3n) is 4.23. The smallest absolute Gasteiger partial charge is 0.289 e. The van der Waals surface area contributed by atoms with E-state index < -0.39 is 17.5 Å². The topological polar surface area (TPSA) is 52.2 Å². The zero-order valence-electron chi connectivity index (χ0n) is 13.6. The number of nitrogens with one attached hydrogen (secondary N) is 1. The fraction of sp³-hybridized carbons (Fsp3) is 0.500. The number of hydrogen-bond acceptors (Lipinski definition) is 3. The Hall–Kier alpha value is -2.09. The number of imidazole rings is 1. The normalized spacial score (nSPS) is 20.2. The highest BCUT2D eigenvalue weighted by Gasteiger charge is 2.25. The average Bonchev–Trinajstić information content (AvgIpc) is 2.93. The van der Waals surface area contributed by atoms with Crippen LogP contribution in [0.5, 0.6) is 0 Å². The molecule has 1 atom stereocenters. The molecule has 0 saturated carbocycles. The van der Waals surface area contributed by atoms with E-state index in [1.165, 1.54) is 0 Å². The van der Waals surface area contributed by atoms with E-state index in [0.29, 0.717) is 13.1 Å². The molecule has 1 aliphatic rings. The summed E-state index contributed by atoms with van der Waals surface area (Å²) in [5.74, 6) is -4.50. The van der Waals surface area contributed by atoms with E-state index in [2.05, 4.69) is 14.9 Å². The summed E-state index contributed by atoms with van der Waals surface area (Å²) in [5.41, 5.74) is -0.397. The highest BCUT2D eigenvalue weighted by Crippen LogP contribution is 2.22. The van der Waals surface area contributed by atoms with Gasteiger partial charge in [-0.15, -0.1) is 0 Å². The number of hydrogen-bond donors (Lipinski definition) is 1. The maximum atomic E-state index is 13.8. The van der Waals surface area contributed by atoms with Gasteiger partial charge in [0.25, 0.3) is 5.91 Å². The lowest BCUT2D eigenvalue weighted by atomic mass is 10.1. The molecule has 1 saturated heterocycles. The summed E-state index contributed by atoms with van der Waals surface area (Å²) >= 11 is 0. The molecule has 1 fully saturated rings. The van der Waals surface area contributed by atoms with Crippen LogP contribution < -0.4 is 0 Å². The van der Waals surface area contributed by atoms with Crippen LogP contribution in [0, 0.1) is 23.4 Å². The summed E-state index contributed by atoms with van der Waals surface area (Å²) in [5, 5.41) is 0. The Labute approximate surface area is 137 Å². The van der Waals surface area contributed by atoms with E-state index in [9.17, 15) is 18.0 Å². The van der Waals surface area contributed by atoms with Crippen molar-refractivity contribution in [2.75, 3.05) is 33.2 Å². The molecule has 2 aromatic rings. The molecule has 1 N–H and O–H groups in total. The van der Waals surface area contributed by atoms with Gasteiger partial charge in [0.15, 0.2) is 23.3 Å². The molecular formula is C16H19F3N4O. The average molecular weight is 340 g/mol. The number of nitrogens with zero attached hydrogens (tertiary/aromatic N) is 3. The van der Waals surface area contributed by atoms with Gasteiger partial charge in [0.2, 0.25) is 0 Å². The molecule has 130 valence electrons. The summed E-state index contributed by atoms with van der Waals surface area (Å²) in [6.07, 6.45) is 0.812. The number of carbonyl (C=O) groups excluding carboxylic acids is 1. The number of rotatable bonds is 1. The first-order valence-electron chi connectivity index (χ1n) is 7.88.